The van der Waals surface area contributed by atoms with E-state index in [9.17, 15) is 18.4 Å². The van der Waals surface area contributed by atoms with Gasteiger partial charge in [-0.3, -0.25) is 9.59 Å². The number of hydrogen-bond acceptors (Lipinski definition) is 3. The van der Waals surface area contributed by atoms with Crippen molar-refractivity contribution in [1.29, 1.82) is 0 Å². The van der Waals surface area contributed by atoms with Gasteiger partial charge in [0.05, 0.1) is 13.0 Å². The number of nitrogens with one attached hydrogen (secondary N) is 1. The average Bonchev–Trinajstić information content (AvgIpc) is 3.06. The summed E-state index contributed by atoms with van der Waals surface area (Å²) < 4.78 is 32.4. The molecular weight excluding hydrogens is 354 g/mol. The predicted octanol–water partition coefficient (Wildman–Crippen LogP) is 2.69. The van der Waals surface area contributed by atoms with E-state index in [4.69, 9.17) is 4.74 Å². The van der Waals surface area contributed by atoms with Crippen LogP contribution in [0, 0.1) is 17.6 Å². The van der Waals surface area contributed by atoms with E-state index >= 15 is 0 Å². The molecule has 2 aromatic carbocycles. The Hall–Kier alpha value is -2.96. The average molecular weight is 374 g/mol. The van der Waals surface area contributed by atoms with Crippen LogP contribution in [0.15, 0.2) is 42.5 Å². The first-order valence-corrected chi connectivity index (χ1v) is 8.64. The Morgan fingerprint density at radius 3 is 2.63 bits per heavy atom. The van der Waals surface area contributed by atoms with Gasteiger partial charge in [-0.15, -0.1) is 0 Å². The molecule has 1 saturated heterocycles. The number of rotatable bonds is 6. The van der Waals surface area contributed by atoms with Crippen molar-refractivity contribution in [2.24, 2.45) is 5.92 Å². The quantitative estimate of drug-likeness (QED) is 0.846. The molecule has 5 nitrogen and oxygen atoms in total. The van der Waals surface area contributed by atoms with Crippen molar-refractivity contribution in [3.05, 3.63) is 59.7 Å². The molecule has 1 unspecified atom stereocenters. The molecule has 1 atom stereocenters. The first-order chi connectivity index (χ1) is 13.0. The van der Waals surface area contributed by atoms with Crippen LogP contribution in [0.2, 0.25) is 0 Å². The molecule has 2 amide bonds. The van der Waals surface area contributed by atoms with Crippen LogP contribution >= 0.6 is 0 Å². The van der Waals surface area contributed by atoms with Crippen LogP contribution in [0.25, 0.3) is 0 Å². The molecule has 0 radical (unpaired) electrons. The lowest BCUT2D eigenvalue weighted by atomic mass is 10.1. The smallest absolute Gasteiger partial charge is 0.227 e. The van der Waals surface area contributed by atoms with E-state index in [-0.39, 0.29) is 43.3 Å². The molecule has 27 heavy (non-hydrogen) atoms. The number of benzene rings is 2. The summed E-state index contributed by atoms with van der Waals surface area (Å²) in [7, 11) is 1.54. The van der Waals surface area contributed by atoms with Crippen LogP contribution in [0.4, 0.5) is 14.5 Å². The second kappa shape index (κ2) is 8.16. The Labute approximate surface area is 155 Å². The van der Waals surface area contributed by atoms with E-state index in [2.05, 4.69) is 5.32 Å². The SMILES string of the molecule is COc1cccc(N2CC(C(=O)NCCc3c(F)cccc3F)CC2=O)c1. The summed E-state index contributed by atoms with van der Waals surface area (Å²) in [5, 5.41) is 2.67. The number of anilines is 1. The highest BCUT2D eigenvalue weighted by Crippen LogP contribution is 2.28. The van der Waals surface area contributed by atoms with Crippen molar-refractivity contribution in [3.63, 3.8) is 0 Å². The van der Waals surface area contributed by atoms with Crippen LogP contribution < -0.4 is 15.0 Å². The number of methoxy groups -OCH3 is 1. The fourth-order valence-corrected chi connectivity index (χ4v) is 3.14. The van der Waals surface area contributed by atoms with Crippen LogP contribution in [-0.2, 0) is 16.0 Å². The zero-order valence-electron chi connectivity index (χ0n) is 14.9. The normalized spacial score (nSPS) is 16.5. The number of halogens is 2. The van der Waals surface area contributed by atoms with E-state index in [1.807, 2.05) is 0 Å². The molecular formula is C20H20F2N2O3. The summed E-state index contributed by atoms with van der Waals surface area (Å²) in [5.41, 5.74) is 0.612. The van der Waals surface area contributed by atoms with E-state index in [1.54, 1.807) is 36.3 Å². The lowest BCUT2D eigenvalue weighted by Gasteiger charge is -2.17. The lowest BCUT2D eigenvalue weighted by Crippen LogP contribution is -2.34. The van der Waals surface area contributed by atoms with Crippen LogP contribution in [-0.4, -0.2) is 32.0 Å². The van der Waals surface area contributed by atoms with E-state index in [0.29, 0.717) is 11.4 Å². The fraction of sp³-hybridized carbons (Fsp3) is 0.300. The molecule has 7 heteroatoms. The van der Waals surface area contributed by atoms with E-state index < -0.39 is 17.6 Å². The largest absolute Gasteiger partial charge is 0.497 e. The molecule has 1 N–H and O–H groups in total. The zero-order chi connectivity index (χ0) is 19.4. The number of amides is 2. The molecule has 0 aliphatic carbocycles. The molecule has 0 aromatic heterocycles. The van der Waals surface area contributed by atoms with Crippen LogP contribution in [0.1, 0.15) is 12.0 Å². The van der Waals surface area contributed by atoms with Gasteiger partial charge in [-0.1, -0.05) is 12.1 Å². The van der Waals surface area contributed by atoms with Crippen molar-refractivity contribution in [2.45, 2.75) is 12.8 Å². The number of nitrogens with zero attached hydrogens (tertiary/aromatic N) is 1. The summed E-state index contributed by atoms with van der Waals surface area (Å²) in [6, 6.07) is 10.7. The third kappa shape index (κ3) is 4.24. The minimum absolute atomic E-state index is 0.0461. The highest BCUT2D eigenvalue weighted by molar-refractivity contribution is 6.00. The third-order valence-corrected chi connectivity index (χ3v) is 4.60. The van der Waals surface area contributed by atoms with Crippen molar-refractivity contribution < 1.29 is 23.1 Å². The monoisotopic (exact) mass is 374 g/mol. The number of hydrogen-bond donors (Lipinski definition) is 1. The highest BCUT2D eigenvalue weighted by atomic mass is 19.1. The number of carbonyl (C=O) groups is 2. The van der Waals surface area contributed by atoms with Crippen molar-refractivity contribution in [3.8, 4) is 5.75 Å². The van der Waals surface area contributed by atoms with Gasteiger partial charge >= 0.3 is 0 Å². The van der Waals surface area contributed by atoms with Gasteiger partial charge in [0, 0.05) is 36.8 Å². The summed E-state index contributed by atoms with van der Waals surface area (Å²) in [5.74, 6) is -1.60. The van der Waals surface area contributed by atoms with Crippen LogP contribution in [0.5, 0.6) is 5.75 Å². The minimum atomic E-state index is -0.635. The van der Waals surface area contributed by atoms with Gasteiger partial charge in [0.25, 0.3) is 0 Å². The van der Waals surface area contributed by atoms with Gasteiger partial charge in [-0.05, 0) is 30.7 Å². The zero-order valence-corrected chi connectivity index (χ0v) is 14.9. The Kier molecular flexibility index (Phi) is 5.69. The van der Waals surface area contributed by atoms with Gasteiger partial charge in [0.15, 0.2) is 0 Å². The Balaban J connectivity index is 1.57. The Morgan fingerprint density at radius 2 is 1.93 bits per heavy atom. The number of ether oxygens (including phenoxy) is 1. The van der Waals surface area contributed by atoms with Crippen molar-refractivity contribution in [1.82, 2.24) is 5.32 Å². The second-order valence-corrected chi connectivity index (χ2v) is 6.35. The first kappa shape index (κ1) is 18.8. The van der Waals surface area contributed by atoms with Crippen LogP contribution in [0.3, 0.4) is 0 Å². The Morgan fingerprint density at radius 1 is 1.22 bits per heavy atom. The topological polar surface area (TPSA) is 58.6 Å². The third-order valence-electron chi connectivity index (χ3n) is 4.60. The fourth-order valence-electron chi connectivity index (χ4n) is 3.14. The second-order valence-electron chi connectivity index (χ2n) is 6.35. The molecule has 2 aromatic rings. The predicted molar refractivity (Wildman–Crippen MR) is 96.5 cm³/mol. The van der Waals surface area contributed by atoms with Gasteiger partial charge in [0.2, 0.25) is 11.8 Å². The minimum Gasteiger partial charge on any atom is -0.497 e. The standard InChI is InChI=1S/C20H20F2N2O3/c1-27-15-5-2-4-14(11-15)24-12-13(10-19(24)25)20(26)23-9-8-16-17(21)6-3-7-18(16)22/h2-7,11,13H,8-10,12H2,1H3,(H,23,26). The summed E-state index contributed by atoms with van der Waals surface area (Å²) in [4.78, 5) is 26.2. The maximum atomic E-state index is 13.6. The van der Waals surface area contributed by atoms with Gasteiger partial charge in [0.1, 0.15) is 17.4 Å². The van der Waals surface area contributed by atoms with E-state index in [0.717, 1.165) is 0 Å². The summed E-state index contributed by atoms with van der Waals surface area (Å²) in [6.07, 6.45) is 0.140. The van der Waals surface area contributed by atoms with Gasteiger partial charge < -0.3 is 15.0 Å². The molecule has 142 valence electrons. The molecule has 1 heterocycles. The number of carbonyl (C=O) groups excluding carboxylic acids is 2. The maximum Gasteiger partial charge on any atom is 0.227 e. The van der Waals surface area contributed by atoms with E-state index in [1.165, 1.54) is 18.2 Å². The molecule has 3 rings (SSSR count). The van der Waals surface area contributed by atoms with Crippen molar-refractivity contribution >= 4 is 17.5 Å². The van der Waals surface area contributed by atoms with Gasteiger partial charge in [-0.25, -0.2) is 8.78 Å². The lowest BCUT2D eigenvalue weighted by molar-refractivity contribution is -0.126. The summed E-state index contributed by atoms with van der Waals surface area (Å²) >= 11 is 0. The van der Waals surface area contributed by atoms with Crippen molar-refractivity contribution in [2.75, 3.05) is 25.1 Å². The first-order valence-electron chi connectivity index (χ1n) is 8.64. The molecule has 1 aliphatic rings. The molecule has 0 spiro atoms. The molecule has 0 bridgehead atoms. The molecule has 1 fully saturated rings. The maximum absolute atomic E-state index is 13.6. The molecule has 0 saturated carbocycles. The van der Waals surface area contributed by atoms with Gasteiger partial charge in [-0.2, -0.15) is 0 Å². The summed E-state index contributed by atoms with van der Waals surface area (Å²) in [6.45, 7) is 0.354. The highest BCUT2D eigenvalue weighted by Gasteiger charge is 2.35. The molecule has 1 aliphatic heterocycles. The Bertz CT molecular complexity index is 837.